The number of carbonyl (C=O) groups excluding carboxylic acids is 2. The van der Waals surface area contributed by atoms with Crippen LogP contribution in [0.5, 0.6) is 0 Å². The van der Waals surface area contributed by atoms with Gasteiger partial charge in [-0.25, -0.2) is 0 Å². The summed E-state index contributed by atoms with van der Waals surface area (Å²) in [5.41, 5.74) is 0. The van der Waals surface area contributed by atoms with Crippen molar-refractivity contribution in [3.8, 4) is 0 Å². The molecule has 0 aliphatic heterocycles. The van der Waals surface area contributed by atoms with Gasteiger partial charge in [-0.1, -0.05) is 0 Å². The molecule has 29 heavy (non-hydrogen) atoms. The van der Waals surface area contributed by atoms with Gasteiger partial charge in [-0.3, -0.25) is 0 Å². The molecule has 0 saturated heterocycles. The molecule has 0 spiro atoms. The number of rotatable bonds is 16. The van der Waals surface area contributed by atoms with E-state index in [2.05, 4.69) is 13.8 Å². The summed E-state index contributed by atoms with van der Waals surface area (Å²) in [4.78, 5) is 25.9. The minimum absolute atomic E-state index is 0.238. The minimum atomic E-state index is -4.92. The van der Waals surface area contributed by atoms with Crippen LogP contribution in [0, 0.1) is 11.8 Å². The predicted molar refractivity (Wildman–Crippen MR) is 117 cm³/mol. The summed E-state index contributed by atoms with van der Waals surface area (Å²) >= 11 is -4.92. The summed E-state index contributed by atoms with van der Waals surface area (Å²) in [6, 6.07) is 0. The molecule has 0 saturated carbocycles. The second kappa shape index (κ2) is 15.5. The number of unbranched alkanes of at least 4 members (excludes halogenated alkanes) is 2. The fourth-order valence-corrected chi connectivity index (χ4v) is 9.49. The van der Waals surface area contributed by atoms with Crippen LogP contribution < -0.4 is 0 Å². The number of hydrogen-bond donors (Lipinski definition) is 0. The van der Waals surface area contributed by atoms with Crippen LogP contribution in [0.3, 0.4) is 0 Å². The number of hydrogen-bond acceptors (Lipinski definition) is 6. The Balaban J connectivity index is 5.66. The zero-order valence-corrected chi connectivity index (χ0v) is 22.8. The molecule has 0 radical (unpaired) electrons. The third-order valence-electron chi connectivity index (χ3n) is 4.68. The molecule has 0 aliphatic rings. The van der Waals surface area contributed by atoms with Crippen molar-refractivity contribution in [2.45, 2.75) is 119 Å². The first-order chi connectivity index (χ1) is 13.6. The normalized spacial score (nSPS) is 14.1. The standard InChI is InChI=1S/2C8H16O2.2C3H7O.Sn/c2*1-3-5-6-7(4-2)8(9)10;2*1-3(2)4;/h2*7H,3-6H2,1-2H3,(H,9,10);2*3H,1-2H3;/q;;2*-1;+4/p-2. The van der Waals surface area contributed by atoms with Gasteiger partial charge in [0.15, 0.2) is 0 Å². The molecule has 0 amide bonds. The van der Waals surface area contributed by atoms with Gasteiger partial charge in [0, 0.05) is 0 Å². The van der Waals surface area contributed by atoms with Crippen molar-refractivity contribution in [1.29, 1.82) is 0 Å². The average Bonchev–Trinajstić information content (AvgIpc) is 2.61. The van der Waals surface area contributed by atoms with Crippen LogP contribution in [-0.4, -0.2) is 44.2 Å². The van der Waals surface area contributed by atoms with Gasteiger partial charge in [-0.15, -0.1) is 0 Å². The molecule has 0 aliphatic carbocycles. The number of carbonyl (C=O) groups is 2. The monoisotopic (exact) mass is 524 g/mol. The van der Waals surface area contributed by atoms with E-state index in [0.29, 0.717) is 12.8 Å². The van der Waals surface area contributed by atoms with Gasteiger partial charge < -0.3 is 0 Å². The topological polar surface area (TPSA) is 71.1 Å². The first-order valence-corrected chi connectivity index (χ1v) is 16.1. The van der Waals surface area contributed by atoms with Crippen molar-refractivity contribution in [2.75, 3.05) is 0 Å². The van der Waals surface area contributed by atoms with Crippen LogP contribution in [0.15, 0.2) is 0 Å². The van der Waals surface area contributed by atoms with Crippen molar-refractivity contribution in [2.24, 2.45) is 11.8 Å². The predicted octanol–water partition coefficient (Wildman–Crippen LogP) is 5.79. The van der Waals surface area contributed by atoms with E-state index < -0.39 is 20.0 Å². The Hall–Kier alpha value is -0.341. The van der Waals surface area contributed by atoms with Crippen molar-refractivity contribution >= 4 is 32.0 Å². The molecule has 7 heteroatoms. The SMILES string of the molecule is CCCCC(CC)C(=O)[O][Sn]([O]C(=O)C(CC)CCCC)([O]C(C)C)[O]C(C)C. The summed E-state index contributed by atoms with van der Waals surface area (Å²) in [5.74, 6) is -1.21. The fourth-order valence-electron chi connectivity index (χ4n) is 3.01. The van der Waals surface area contributed by atoms with Gasteiger partial charge in [-0.05, 0) is 0 Å². The zero-order valence-electron chi connectivity index (χ0n) is 19.9. The van der Waals surface area contributed by atoms with Crippen molar-refractivity contribution in [3.05, 3.63) is 0 Å². The van der Waals surface area contributed by atoms with Crippen molar-refractivity contribution in [3.63, 3.8) is 0 Å². The van der Waals surface area contributed by atoms with Crippen molar-refractivity contribution in [1.82, 2.24) is 0 Å². The molecule has 0 fully saturated rings. The van der Waals surface area contributed by atoms with Crippen LogP contribution in [-0.2, 0) is 21.9 Å². The van der Waals surface area contributed by atoms with Crippen LogP contribution in [0.25, 0.3) is 0 Å². The third kappa shape index (κ3) is 11.6. The van der Waals surface area contributed by atoms with E-state index >= 15 is 0 Å². The Kier molecular flexibility index (Phi) is 15.3. The van der Waals surface area contributed by atoms with Gasteiger partial charge in [0.25, 0.3) is 0 Å². The van der Waals surface area contributed by atoms with Gasteiger partial charge in [0.1, 0.15) is 0 Å². The molecule has 0 bridgehead atoms. The molecule has 172 valence electrons. The van der Waals surface area contributed by atoms with Crippen molar-refractivity contribution < 1.29 is 21.9 Å². The summed E-state index contributed by atoms with van der Waals surface area (Å²) in [6.07, 6.45) is 6.19. The fraction of sp³-hybridized carbons (Fsp3) is 0.909. The summed E-state index contributed by atoms with van der Waals surface area (Å²) < 4.78 is 23.7. The second-order valence-electron chi connectivity index (χ2n) is 8.17. The molecule has 0 aromatic rings. The van der Waals surface area contributed by atoms with E-state index in [0.717, 1.165) is 38.5 Å². The van der Waals surface area contributed by atoms with Crippen LogP contribution >= 0.6 is 0 Å². The maximum atomic E-state index is 12.9. The molecule has 0 heterocycles. The zero-order chi connectivity index (χ0) is 22.4. The molecule has 0 aromatic heterocycles. The summed E-state index contributed by atoms with van der Waals surface area (Å²) in [7, 11) is 0. The third-order valence-corrected chi connectivity index (χ3v) is 11.6. The van der Waals surface area contributed by atoms with Gasteiger partial charge in [0.2, 0.25) is 0 Å². The Morgan fingerprint density at radius 3 is 1.28 bits per heavy atom. The summed E-state index contributed by atoms with van der Waals surface area (Å²) in [6.45, 7) is 15.5. The average molecular weight is 523 g/mol. The van der Waals surface area contributed by atoms with Gasteiger partial charge in [0.05, 0.1) is 0 Å². The second-order valence-corrected chi connectivity index (χ2v) is 13.5. The molecule has 6 nitrogen and oxygen atoms in total. The van der Waals surface area contributed by atoms with Crippen LogP contribution in [0.1, 0.15) is 107 Å². The van der Waals surface area contributed by atoms with Gasteiger partial charge >= 0.3 is 185 Å². The van der Waals surface area contributed by atoms with E-state index in [1.807, 2.05) is 41.5 Å². The van der Waals surface area contributed by atoms with Crippen LogP contribution in [0.4, 0.5) is 0 Å². The summed E-state index contributed by atoms with van der Waals surface area (Å²) in [5, 5.41) is 0. The molecule has 0 aromatic carbocycles. The molecule has 0 rings (SSSR count). The molecule has 2 unspecified atom stereocenters. The maximum absolute atomic E-state index is 12.9. The van der Waals surface area contributed by atoms with E-state index in [1.54, 1.807) is 0 Å². The first kappa shape index (κ1) is 28.7. The van der Waals surface area contributed by atoms with Gasteiger partial charge in [-0.2, -0.15) is 0 Å². The Morgan fingerprint density at radius 1 is 0.690 bits per heavy atom. The van der Waals surface area contributed by atoms with E-state index in [9.17, 15) is 9.59 Å². The van der Waals surface area contributed by atoms with Crippen LogP contribution in [0.2, 0.25) is 0 Å². The molecule has 2 atom stereocenters. The molecular formula is C22H44O6Sn. The Labute approximate surface area is 184 Å². The van der Waals surface area contributed by atoms with E-state index in [4.69, 9.17) is 12.3 Å². The van der Waals surface area contributed by atoms with E-state index in [1.165, 1.54) is 0 Å². The molecule has 0 N–H and O–H groups in total. The first-order valence-electron chi connectivity index (χ1n) is 11.5. The molecular weight excluding hydrogens is 479 g/mol. The quantitative estimate of drug-likeness (QED) is 0.239. The van der Waals surface area contributed by atoms with E-state index in [-0.39, 0.29) is 36.0 Å². The Bertz CT molecular complexity index is 424. The Morgan fingerprint density at radius 2 is 1.03 bits per heavy atom.